The topological polar surface area (TPSA) is 52.2 Å². The lowest BCUT2D eigenvalue weighted by Crippen LogP contribution is -2.15. The number of allylic oxidation sites excluding steroid dienone is 1. The summed E-state index contributed by atoms with van der Waals surface area (Å²) in [6.45, 7) is 4.48. The molecule has 4 rings (SSSR count). The van der Waals surface area contributed by atoms with Crippen LogP contribution in [0.3, 0.4) is 0 Å². The van der Waals surface area contributed by atoms with E-state index in [4.69, 9.17) is 11.6 Å². The third-order valence-corrected chi connectivity index (χ3v) is 6.04. The monoisotopic (exact) mass is 486 g/mol. The molecule has 3 aromatic heterocycles. The number of aromatic nitrogens is 4. The first kappa shape index (κ1) is 19.9. The summed E-state index contributed by atoms with van der Waals surface area (Å²) in [7, 11) is 0. The second kappa shape index (κ2) is 8.57. The van der Waals surface area contributed by atoms with Crippen LogP contribution < -0.4 is 5.56 Å². The van der Waals surface area contributed by atoms with Crippen molar-refractivity contribution in [1.82, 2.24) is 18.9 Å². The van der Waals surface area contributed by atoms with E-state index < -0.39 is 0 Å². The minimum atomic E-state index is -0.108. The molecule has 8 heteroatoms. The van der Waals surface area contributed by atoms with E-state index in [1.807, 2.05) is 48.7 Å². The van der Waals surface area contributed by atoms with Crippen molar-refractivity contribution in [2.45, 2.75) is 17.5 Å². The standard InChI is InChI=1S/C21H16BrClN4OS/c1-2-9-26-18(14-3-6-16(23)7-4-14)11-24-21(26)29-13-17-10-20(28)27-12-15(22)5-8-19(27)25-17/h2-8,10-12H,1,9,13H2. The zero-order valence-electron chi connectivity index (χ0n) is 15.3. The molecule has 0 amide bonds. The molecule has 0 spiro atoms. The van der Waals surface area contributed by atoms with Gasteiger partial charge in [-0.25, -0.2) is 9.97 Å². The molecular weight excluding hydrogens is 472 g/mol. The highest BCUT2D eigenvalue weighted by atomic mass is 79.9. The maximum absolute atomic E-state index is 12.4. The van der Waals surface area contributed by atoms with Crippen LogP contribution in [0.2, 0.25) is 5.02 Å². The van der Waals surface area contributed by atoms with Crippen molar-refractivity contribution in [3.8, 4) is 11.3 Å². The number of nitrogens with zero attached hydrogens (tertiary/aromatic N) is 4. The van der Waals surface area contributed by atoms with Gasteiger partial charge in [-0.2, -0.15) is 0 Å². The van der Waals surface area contributed by atoms with Gasteiger partial charge in [-0.15, -0.1) is 6.58 Å². The first-order chi connectivity index (χ1) is 14.0. The second-order valence-corrected chi connectivity index (χ2v) is 8.58. The molecule has 0 fully saturated rings. The quantitative estimate of drug-likeness (QED) is 0.268. The highest BCUT2D eigenvalue weighted by molar-refractivity contribution is 9.10. The molecular formula is C21H16BrClN4OS. The number of imidazole rings is 1. The second-order valence-electron chi connectivity index (χ2n) is 6.28. The molecule has 5 nitrogen and oxygen atoms in total. The predicted molar refractivity (Wildman–Crippen MR) is 122 cm³/mol. The number of hydrogen-bond acceptors (Lipinski definition) is 4. The first-order valence-electron chi connectivity index (χ1n) is 8.78. The lowest BCUT2D eigenvalue weighted by atomic mass is 10.2. The summed E-state index contributed by atoms with van der Waals surface area (Å²) in [6, 6.07) is 12.9. The number of hydrogen-bond donors (Lipinski definition) is 0. The molecule has 1 aromatic carbocycles. The Morgan fingerprint density at radius 2 is 2.00 bits per heavy atom. The summed E-state index contributed by atoms with van der Waals surface area (Å²) in [5.41, 5.74) is 3.24. The summed E-state index contributed by atoms with van der Waals surface area (Å²) in [5, 5.41) is 1.53. The van der Waals surface area contributed by atoms with Gasteiger partial charge >= 0.3 is 0 Å². The fraction of sp³-hybridized carbons (Fsp3) is 0.0952. The molecule has 146 valence electrons. The van der Waals surface area contributed by atoms with Crippen molar-refractivity contribution in [1.29, 1.82) is 0 Å². The minimum absolute atomic E-state index is 0.108. The molecule has 0 aliphatic carbocycles. The van der Waals surface area contributed by atoms with Crippen molar-refractivity contribution in [2.75, 3.05) is 0 Å². The molecule has 0 aliphatic heterocycles. The van der Waals surface area contributed by atoms with Crippen LogP contribution in [-0.4, -0.2) is 18.9 Å². The van der Waals surface area contributed by atoms with E-state index in [1.54, 1.807) is 12.3 Å². The van der Waals surface area contributed by atoms with Gasteiger partial charge in [-0.1, -0.05) is 41.6 Å². The highest BCUT2D eigenvalue weighted by Gasteiger charge is 2.13. The molecule has 0 saturated heterocycles. The van der Waals surface area contributed by atoms with E-state index in [0.717, 1.165) is 20.9 Å². The van der Waals surface area contributed by atoms with Gasteiger partial charge in [0.15, 0.2) is 5.16 Å². The molecule has 0 unspecified atom stereocenters. The Hall–Kier alpha value is -2.35. The third-order valence-electron chi connectivity index (χ3n) is 4.30. The zero-order chi connectivity index (χ0) is 20.4. The molecule has 0 atom stereocenters. The molecule has 0 radical (unpaired) electrons. The third kappa shape index (κ3) is 4.32. The van der Waals surface area contributed by atoms with E-state index >= 15 is 0 Å². The number of fused-ring (bicyclic) bond motifs is 1. The Labute approximate surface area is 185 Å². The Balaban J connectivity index is 1.62. The number of halogens is 2. The Morgan fingerprint density at radius 1 is 1.21 bits per heavy atom. The van der Waals surface area contributed by atoms with Crippen molar-refractivity contribution in [3.63, 3.8) is 0 Å². The average Bonchev–Trinajstić information content (AvgIpc) is 3.10. The van der Waals surface area contributed by atoms with Crippen LogP contribution in [0.25, 0.3) is 16.9 Å². The van der Waals surface area contributed by atoms with Gasteiger partial charge in [0, 0.05) is 34.1 Å². The largest absolute Gasteiger partial charge is 0.315 e. The number of thioether (sulfide) groups is 1. The Kier molecular flexibility index (Phi) is 5.89. The van der Waals surface area contributed by atoms with Crippen LogP contribution in [0, 0.1) is 0 Å². The molecule has 4 aromatic rings. The molecule has 0 bridgehead atoms. The molecule has 0 saturated carbocycles. The van der Waals surface area contributed by atoms with Crippen LogP contribution in [0.15, 0.2) is 81.9 Å². The van der Waals surface area contributed by atoms with E-state index in [2.05, 4.69) is 37.0 Å². The van der Waals surface area contributed by atoms with Gasteiger partial charge < -0.3 is 4.57 Å². The lowest BCUT2D eigenvalue weighted by Gasteiger charge is -2.10. The number of pyridine rings is 1. The average molecular weight is 488 g/mol. The minimum Gasteiger partial charge on any atom is -0.315 e. The van der Waals surface area contributed by atoms with Gasteiger partial charge in [0.25, 0.3) is 5.56 Å². The van der Waals surface area contributed by atoms with Crippen LogP contribution in [0.5, 0.6) is 0 Å². The van der Waals surface area contributed by atoms with Crippen LogP contribution in [-0.2, 0) is 12.3 Å². The summed E-state index contributed by atoms with van der Waals surface area (Å²) in [6.07, 6.45) is 5.40. The summed E-state index contributed by atoms with van der Waals surface area (Å²) in [4.78, 5) is 21.6. The van der Waals surface area contributed by atoms with Crippen LogP contribution in [0.1, 0.15) is 5.69 Å². The summed E-state index contributed by atoms with van der Waals surface area (Å²) in [5.74, 6) is 0.538. The molecule has 0 N–H and O–H groups in total. The first-order valence-corrected chi connectivity index (χ1v) is 10.9. The Bertz CT molecular complexity index is 1250. The van der Waals surface area contributed by atoms with E-state index in [1.165, 1.54) is 16.2 Å². The van der Waals surface area contributed by atoms with Crippen molar-refractivity contribution >= 4 is 44.9 Å². The number of benzene rings is 1. The van der Waals surface area contributed by atoms with Gasteiger partial charge in [0.1, 0.15) is 5.65 Å². The van der Waals surface area contributed by atoms with E-state index in [-0.39, 0.29) is 5.56 Å². The highest BCUT2D eigenvalue weighted by Crippen LogP contribution is 2.28. The van der Waals surface area contributed by atoms with E-state index in [9.17, 15) is 4.79 Å². The predicted octanol–water partition coefficient (Wildman–Crippen LogP) is 5.45. The molecule has 3 heterocycles. The molecule has 29 heavy (non-hydrogen) atoms. The fourth-order valence-corrected chi connectivity index (χ4v) is 4.31. The smallest absolute Gasteiger partial charge is 0.258 e. The van der Waals surface area contributed by atoms with Gasteiger partial charge in [-0.3, -0.25) is 9.20 Å². The van der Waals surface area contributed by atoms with Crippen LogP contribution >= 0.6 is 39.3 Å². The summed E-state index contributed by atoms with van der Waals surface area (Å²) < 4.78 is 4.44. The maximum Gasteiger partial charge on any atom is 0.258 e. The van der Waals surface area contributed by atoms with Gasteiger partial charge in [-0.05, 0) is 45.8 Å². The number of rotatable bonds is 6. The van der Waals surface area contributed by atoms with Gasteiger partial charge in [0.05, 0.1) is 17.6 Å². The van der Waals surface area contributed by atoms with E-state index in [0.29, 0.717) is 28.7 Å². The lowest BCUT2D eigenvalue weighted by molar-refractivity contribution is 0.731. The maximum atomic E-state index is 12.4. The van der Waals surface area contributed by atoms with Crippen molar-refractivity contribution in [3.05, 3.63) is 93.1 Å². The van der Waals surface area contributed by atoms with Gasteiger partial charge in [0.2, 0.25) is 0 Å². The normalized spacial score (nSPS) is 11.1. The summed E-state index contributed by atoms with van der Waals surface area (Å²) >= 11 is 10.9. The Morgan fingerprint density at radius 3 is 2.76 bits per heavy atom. The zero-order valence-corrected chi connectivity index (χ0v) is 18.4. The fourth-order valence-electron chi connectivity index (χ4n) is 2.97. The SMILES string of the molecule is C=CCn1c(-c2ccc(Cl)cc2)cnc1SCc1cc(=O)n2cc(Br)ccc2n1. The molecule has 0 aliphatic rings. The van der Waals surface area contributed by atoms with Crippen molar-refractivity contribution in [2.24, 2.45) is 0 Å². The van der Waals surface area contributed by atoms with Crippen LogP contribution in [0.4, 0.5) is 0 Å². The van der Waals surface area contributed by atoms with Crippen molar-refractivity contribution < 1.29 is 0 Å².